The number of nitrogens with two attached hydrogens (primary N) is 1. The molecule has 0 aliphatic rings. The van der Waals surface area contributed by atoms with E-state index < -0.39 is 11.6 Å². The number of rotatable bonds is 6. The van der Waals surface area contributed by atoms with Crippen LogP contribution in [0.1, 0.15) is 0 Å². The summed E-state index contributed by atoms with van der Waals surface area (Å²) in [6.45, 7) is 0.684. The van der Waals surface area contributed by atoms with Gasteiger partial charge in [0.15, 0.2) is 11.7 Å². The summed E-state index contributed by atoms with van der Waals surface area (Å²) < 4.78 is 24.1. The minimum absolute atomic E-state index is 0.0248. The highest BCUT2D eigenvalue weighted by Crippen LogP contribution is 2.25. The average Bonchev–Trinajstić information content (AvgIpc) is 3.20. The lowest BCUT2D eigenvalue weighted by Gasteiger charge is -2.06. The van der Waals surface area contributed by atoms with E-state index in [0.717, 1.165) is 4.57 Å². The number of hydrogen-bond donors (Lipinski definition) is 4. The lowest BCUT2D eigenvalue weighted by molar-refractivity contribution is 0.309. The zero-order valence-corrected chi connectivity index (χ0v) is 14.6. The van der Waals surface area contributed by atoms with E-state index in [1.54, 1.807) is 0 Å². The molecule has 26 heavy (non-hydrogen) atoms. The van der Waals surface area contributed by atoms with Crippen molar-refractivity contribution in [2.75, 3.05) is 18.4 Å². The Labute approximate surface area is 152 Å². The van der Waals surface area contributed by atoms with Gasteiger partial charge in [-0.2, -0.15) is 0 Å². The molecule has 0 saturated carbocycles. The van der Waals surface area contributed by atoms with Crippen molar-refractivity contribution in [2.45, 2.75) is 0 Å². The maximum Gasteiger partial charge on any atom is 0.446 e. The minimum Gasteiger partial charge on any atom is -0.370 e. The average molecular weight is 427 g/mol. The number of hydrogen-bond acceptors (Lipinski definition) is 8. The molecule has 3 aromatic rings. The number of benzene rings is 1. The van der Waals surface area contributed by atoms with Crippen LogP contribution in [0.4, 0.5) is 10.2 Å². The van der Waals surface area contributed by atoms with Gasteiger partial charge < -0.3 is 16.4 Å². The van der Waals surface area contributed by atoms with Gasteiger partial charge in [-0.25, -0.2) is 18.4 Å². The molecule has 2 heterocycles. The molecule has 0 amide bonds. The Morgan fingerprint density at radius 2 is 2.15 bits per heavy atom. The van der Waals surface area contributed by atoms with Crippen LogP contribution >= 0.6 is 15.9 Å². The van der Waals surface area contributed by atoms with E-state index in [4.69, 9.17) is 20.3 Å². The van der Waals surface area contributed by atoms with E-state index >= 15 is 0 Å². The van der Waals surface area contributed by atoms with Crippen LogP contribution in [0.15, 0.2) is 36.6 Å². The number of nitrogens with zero attached hydrogens (tertiary/aromatic N) is 4. The van der Waals surface area contributed by atoms with Crippen molar-refractivity contribution < 1.29 is 13.5 Å². The highest BCUT2D eigenvalue weighted by molar-refractivity contribution is 9.10. The van der Waals surface area contributed by atoms with Gasteiger partial charge >= 0.3 is 5.76 Å². The molecule has 0 fully saturated rings. The van der Waals surface area contributed by atoms with Gasteiger partial charge in [-0.3, -0.25) is 9.93 Å². The van der Waals surface area contributed by atoms with Gasteiger partial charge in [-0.1, -0.05) is 5.16 Å². The second-order valence-electron chi connectivity index (χ2n) is 4.93. The van der Waals surface area contributed by atoms with Crippen LogP contribution in [0, 0.1) is 11.2 Å². The lowest BCUT2D eigenvalue weighted by Crippen LogP contribution is -2.33. The Hall–Kier alpha value is -3.22. The van der Waals surface area contributed by atoms with Crippen LogP contribution in [-0.2, 0) is 0 Å². The van der Waals surface area contributed by atoms with E-state index in [-0.39, 0.29) is 27.8 Å². The molecule has 0 unspecified atom stereocenters. The third kappa shape index (κ3) is 3.56. The Kier molecular flexibility index (Phi) is 4.97. The van der Waals surface area contributed by atoms with Crippen LogP contribution in [0.25, 0.3) is 17.2 Å². The first-order valence-electron chi connectivity index (χ1n) is 7.16. The van der Waals surface area contributed by atoms with E-state index in [2.05, 4.69) is 42.0 Å². The summed E-state index contributed by atoms with van der Waals surface area (Å²) in [4.78, 5) is 12.1. The SMILES string of the molecule is N=C(N)NCCNc1nonc1-c1noc(=O)n1-c1ccc(F)c(Br)c1. The van der Waals surface area contributed by atoms with Crippen molar-refractivity contribution in [3.05, 3.63) is 39.0 Å². The summed E-state index contributed by atoms with van der Waals surface area (Å²) in [6, 6.07) is 3.98. The Bertz CT molecular complexity index is 997. The summed E-state index contributed by atoms with van der Waals surface area (Å²) in [7, 11) is 0. The zero-order valence-electron chi connectivity index (χ0n) is 13.0. The smallest absolute Gasteiger partial charge is 0.370 e. The van der Waals surface area contributed by atoms with Crippen molar-refractivity contribution in [2.24, 2.45) is 5.73 Å². The van der Waals surface area contributed by atoms with Gasteiger partial charge in [-0.15, -0.1) is 0 Å². The Balaban J connectivity index is 1.92. The highest BCUT2D eigenvalue weighted by atomic mass is 79.9. The largest absolute Gasteiger partial charge is 0.446 e. The van der Waals surface area contributed by atoms with Gasteiger partial charge in [0.05, 0.1) is 10.2 Å². The molecule has 3 rings (SSSR count). The first kappa shape index (κ1) is 17.6. The van der Waals surface area contributed by atoms with E-state index in [1.165, 1.54) is 18.2 Å². The molecule has 0 aliphatic heterocycles. The molecule has 11 nitrogen and oxygen atoms in total. The second-order valence-corrected chi connectivity index (χ2v) is 5.79. The first-order valence-corrected chi connectivity index (χ1v) is 7.95. The van der Waals surface area contributed by atoms with Crippen LogP contribution in [-0.4, -0.2) is 39.1 Å². The van der Waals surface area contributed by atoms with Crippen molar-refractivity contribution >= 4 is 27.7 Å². The van der Waals surface area contributed by atoms with Crippen LogP contribution < -0.4 is 22.1 Å². The summed E-state index contributed by atoms with van der Waals surface area (Å²) >= 11 is 3.06. The normalized spacial score (nSPS) is 10.7. The Morgan fingerprint density at radius 3 is 2.88 bits per heavy atom. The highest BCUT2D eigenvalue weighted by Gasteiger charge is 2.23. The standard InChI is InChI=1S/C13H12BrFN8O3/c14-7-5-6(1-2-8(7)15)23-11(22-25-13(23)24)9-10(21-26-20-9)18-3-4-19-12(16)17/h1-2,5H,3-4H2,(H,18,21)(H4,16,17,19). The Morgan fingerprint density at radius 1 is 1.35 bits per heavy atom. The number of guanidine groups is 1. The molecule has 0 aliphatic carbocycles. The van der Waals surface area contributed by atoms with Gasteiger partial charge in [0, 0.05) is 13.1 Å². The second kappa shape index (κ2) is 7.35. The quantitative estimate of drug-likeness (QED) is 0.252. The number of nitrogens with one attached hydrogen (secondary N) is 3. The number of halogens is 2. The third-order valence-electron chi connectivity index (χ3n) is 3.20. The van der Waals surface area contributed by atoms with Crippen molar-refractivity contribution in [1.82, 2.24) is 25.4 Å². The molecule has 13 heteroatoms. The summed E-state index contributed by atoms with van der Waals surface area (Å²) in [5, 5.41) is 23.7. The van der Waals surface area contributed by atoms with Gasteiger partial charge in [0.2, 0.25) is 11.6 Å². The summed E-state index contributed by atoms with van der Waals surface area (Å²) in [6.07, 6.45) is 0. The summed E-state index contributed by atoms with van der Waals surface area (Å²) in [5.74, 6) is -1.21. The van der Waals surface area contributed by atoms with Crippen LogP contribution in [0.5, 0.6) is 0 Å². The lowest BCUT2D eigenvalue weighted by atomic mass is 10.3. The van der Waals surface area contributed by atoms with Gasteiger partial charge in [0.25, 0.3) is 0 Å². The van der Waals surface area contributed by atoms with Crippen molar-refractivity contribution in [1.29, 1.82) is 5.41 Å². The molecule has 1 aromatic carbocycles. The van der Waals surface area contributed by atoms with E-state index in [9.17, 15) is 9.18 Å². The number of aromatic nitrogens is 4. The maximum absolute atomic E-state index is 13.5. The van der Waals surface area contributed by atoms with E-state index in [0.29, 0.717) is 18.8 Å². The van der Waals surface area contributed by atoms with Gasteiger partial charge in [0.1, 0.15) is 5.82 Å². The third-order valence-corrected chi connectivity index (χ3v) is 3.81. The predicted molar refractivity (Wildman–Crippen MR) is 91.5 cm³/mol. The molecule has 0 saturated heterocycles. The zero-order chi connectivity index (χ0) is 18.7. The topological polar surface area (TPSA) is 161 Å². The van der Waals surface area contributed by atoms with Crippen LogP contribution in [0.3, 0.4) is 0 Å². The molecule has 0 radical (unpaired) electrons. The molecule has 0 atom stereocenters. The predicted octanol–water partition coefficient (Wildman–Crippen LogP) is 0.672. The first-order chi connectivity index (χ1) is 12.5. The molecule has 136 valence electrons. The fourth-order valence-electron chi connectivity index (χ4n) is 2.08. The van der Waals surface area contributed by atoms with Crippen molar-refractivity contribution in [3.63, 3.8) is 0 Å². The van der Waals surface area contributed by atoms with Crippen LogP contribution in [0.2, 0.25) is 0 Å². The summed E-state index contributed by atoms with van der Waals surface area (Å²) in [5.41, 5.74) is 5.63. The number of anilines is 1. The molecule has 0 spiro atoms. The molecular formula is C13H12BrFN8O3. The van der Waals surface area contributed by atoms with Crippen molar-refractivity contribution in [3.8, 4) is 17.2 Å². The maximum atomic E-state index is 13.5. The molecule has 0 bridgehead atoms. The molecule has 5 N–H and O–H groups in total. The monoisotopic (exact) mass is 426 g/mol. The minimum atomic E-state index is -0.786. The van der Waals surface area contributed by atoms with E-state index in [1.807, 2.05) is 0 Å². The molecule has 2 aromatic heterocycles. The fraction of sp³-hybridized carbons (Fsp3) is 0.154. The fourth-order valence-corrected chi connectivity index (χ4v) is 2.45. The van der Waals surface area contributed by atoms with Gasteiger partial charge in [-0.05, 0) is 44.4 Å². The molecular weight excluding hydrogens is 415 g/mol.